The lowest BCUT2D eigenvalue weighted by atomic mass is 10.0. The second-order valence-electron chi connectivity index (χ2n) is 5.11. The smallest absolute Gasteiger partial charge is 0.255 e. The van der Waals surface area contributed by atoms with Gasteiger partial charge in [0.2, 0.25) is 0 Å². The summed E-state index contributed by atoms with van der Waals surface area (Å²) in [6.07, 6.45) is 7.70. The quantitative estimate of drug-likeness (QED) is 0.725. The van der Waals surface area contributed by atoms with Gasteiger partial charge in [0.1, 0.15) is 0 Å². The largest absolute Gasteiger partial charge is 0.321 e. The fraction of sp³-hybridized carbons (Fsp3) is 0.0526. The molecule has 0 atom stereocenters. The molecule has 2 aromatic heterocycles. The highest BCUT2D eigenvalue weighted by molar-refractivity contribution is 6.06. The Balaban J connectivity index is 1.97. The van der Waals surface area contributed by atoms with Gasteiger partial charge in [0.25, 0.3) is 5.91 Å². The van der Waals surface area contributed by atoms with Crippen LogP contribution in [0.25, 0.3) is 11.6 Å². The minimum absolute atomic E-state index is 0.144. The summed E-state index contributed by atoms with van der Waals surface area (Å²) >= 11 is 0. The second kappa shape index (κ2) is 6.32. The van der Waals surface area contributed by atoms with Crippen LogP contribution in [0.1, 0.15) is 21.5 Å². The number of rotatable bonds is 5. The Labute approximate surface area is 134 Å². The van der Waals surface area contributed by atoms with Crippen LogP contribution < -0.4 is 5.32 Å². The lowest BCUT2D eigenvalue weighted by molar-refractivity contribution is 0.102. The molecule has 4 heteroatoms. The first-order chi connectivity index (χ1) is 11.2. The molecule has 0 aliphatic heterocycles. The highest BCUT2D eigenvalue weighted by Gasteiger charge is 2.13. The molecule has 0 unspecified atom stereocenters. The minimum atomic E-state index is -0.144. The number of carbonyl (C=O) groups excluding carboxylic acids is 1. The van der Waals surface area contributed by atoms with Gasteiger partial charge in [0, 0.05) is 17.3 Å². The summed E-state index contributed by atoms with van der Waals surface area (Å²) in [7, 11) is 0. The number of benzene rings is 1. The maximum atomic E-state index is 12.7. The lowest BCUT2D eigenvalue weighted by Crippen LogP contribution is -2.15. The number of anilines is 1. The molecule has 3 rings (SSSR count). The maximum absolute atomic E-state index is 12.7. The molecule has 0 fully saturated rings. The molecule has 0 aliphatic carbocycles. The number of amides is 1. The van der Waals surface area contributed by atoms with Crippen LogP contribution in [0.5, 0.6) is 0 Å². The molecule has 1 aromatic carbocycles. The van der Waals surface area contributed by atoms with Crippen LogP contribution in [-0.2, 0) is 6.42 Å². The van der Waals surface area contributed by atoms with Gasteiger partial charge >= 0.3 is 0 Å². The molecule has 1 amide bonds. The van der Waals surface area contributed by atoms with E-state index in [0.29, 0.717) is 17.7 Å². The zero-order valence-electron chi connectivity index (χ0n) is 12.7. The van der Waals surface area contributed by atoms with E-state index >= 15 is 0 Å². The number of hydrogen-bond acceptors (Lipinski definition) is 2. The van der Waals surface area contributed by atoms with Crippen molar-refractivity contribution in [3.8, 4) is 0 Å². The molecule has 0 saturated carbocycles. The normalized spacial score (nSPS) is 10.4. The predicted molar refractivity (Wildman–Crippen MR) is 93.6 cm³/mol. The van der Waals surface area contributed by atoms with Crippen molar-refractivity contribution in [3.05, 3.63) is 84.7 Å². The van der Waals surface area contributed by atoms with Gasteiger partial charge in [-0.25, -0.2) is 4.52 Å². The average Bonchev–Trinajstić information content (AvgIpc) is 3.04. The number of allylic oxidation sites excluding steroid dienone is 1. The third-order valence-corrected chi connectivity index (χ3v) is 3.70. The van der Waals surface area contributed by atoms with Crippen molar-refractivity contribution in [3.63, 3.8) is 0 Å². The summed E-state index contributed by atoms with van der Waals surface area (Å²) in [5, 5.41) is 7.16. The van der Waals surface area contributed by atoms with Crippen molar-refractivity contribution < 1.29 is 4.79 Å². The van der Waals surface area contributed by atoms with Crippen molar-refractivity contribution >= 4 is 23.2 Å². The molecule has 23 heavy (non-hydrogen) atoms. The maximum Gasteiger partial charge on any atom is 0.255 e. The van der Waals surface area contributed by atoms with Crippen molar-refractivity contribution in [2.24, 2.45) is 0 Å². The fourth-order valence-electron chi connectivity index (χ4n) is 2.61. The summed E-state index contributed by atoms with van der Waals surface area (Å²) in [4.78, 5) is 12.7. The number of nitrogens with one attached hydrogen (secondary N) is 1. The summed E-state index contributed by atoms with van der Waals surface area (Å²) in [5.41, 5.74) is 4.06. The van der Waals surface area contributed by atoms with Gasteiger partial charge in [0.15, 0.2) is 0 Å². The Morgan fingerprint density at radius 1 is 1.22 bits per heavy atom. The van der Waals surface area contributed by atoms with E-state index in [0.717, 1.165) is 16.6 Å². The fourth-order valence-corrected chi connectivity index (χ4v) is 2.61. The summed E-state index contributed by atoms with van der Waals surface area (Å²) in [5.74, 6) is -0.144. The highest BCUT2D eigenvalue weighted by atomic mass is 16.1. The van der Waals surface area contributed by atoms with Crippen LogP contribution in [0.4, 0.5) is 5.69 Å². The Hall–Kier alpha value is -3.14. The van der Waals surface area contributed by atoms with Gasteiger partial charge in [0.05, 0.1) is 17.4 Å². The molecule has 114 valence electrons. The van der Waals surface area contributed by atoms with E-state index in [1.165, 1.54) is 0 Å². The number of aromatic nitrogens is 2. The zero-order chi connectivity index (χ0) is 16.2. The van der Waals surface area contributed by atoms with E-state index in [-0.39, 0.29) is 5.91 Å². The molecule has 0 radical (unpaired) electrons. The third-order valence-electron chi connectivity index (χ3n) is 3.70. The van der Waals surface area contributed by atoms with Crippen LogP contribution in [0.2, 0.25) is 0 Å². The molecule has 3 aromatic rings. The van der Waals surface area contributed by atoms with Crippen LogP contribution in [0, 0.1) is 0 Å². The van der Waals surface area contributed by atoms with Crippen molar-refractivity contribution in [2.45, 2.75) is 6.42 Å². The van der Waals surface area contributed by atoms with Gasteiger partial charge in [-0.05, 0) is 30.2 Å². The standard InChI is InChI=1S/C19H17N3O/c1-3-7-14-8-5-6-9-16(14)19(23)21-17-11-13-22-18(10-12-20-22)15(17)4-2/h3-6,8-13H,1-2,7H2,(H,21,23). The molecule has 0 bridgehead atoms. The van der Waals surface area contributed by atoms with E-state index in [1.54, 1.807) is 22.9 Å². The van der Waals surface area contributed by atoms with E-state index in [1.807, 2.05) is 42.6 Å². The third kappa shape index (κ3) is 2.79. The van der Waals surface area contributed by atoms with Gasteiger partial charge < -0.3 is 5.32 Å². The summed E-state index contributed by atoms with van der Waals surface area (Å²) in [6.45, 7) is 7.58. The first-order valence-electron chi connectivity index (χ1n) is 7.33. The van der Waals surface area contributed by atoms with Crippen molar-refractivity contribution in [1.29, 1.82) is 0 Å². The molecule has 0 spiro atoms. The first kappa shape index (κ1) is 14.8. The average molecular weight is 303 g/mol. The summed E-state index contributed by atoms with van der Waals surface area (Å²) in [6, 6.07) is 11.2. The van der Waals surface area contributed by atoms with Gasteiger partial charge in [-0.1, -0.05) is 36.9 Å². The van der Waals surface area contributed by atoms with E-state index < -0.39 is 0 Å². The molecular weight excluding hydrogens is 286 g/mol. The Morgan fingerprint density at radius 2 is 2.04 bits per heavy atom. The topological polar surface area (TPSA) is 46.4 Å². The molecule has 4 nitrogen and oxygen atoms in total. The number of hydrogen-bond donors (Lipinski definition) is 1. The Bertz CT molecular complexity index is 893. The lowest BCUT2D eigenvalue weighted by Gasteiger charge is -2.12. The number of nitrogens with zero attached hydrogens (tertiary/aromatic N) is 2. The highest BCUT2D eigenvalue weighted by Crippen LogP contribution is 2.23. The Morgan fingerprint density at radius 3 is 2.83 bits per heavy atom. The summed E-state index contributed by atoms with van der Waals surface area (Å²) < 4.78 is 1.75. The molecular formula is C19H17N3O. The zero-order valence-corrected chi connectivity index (χ0v) is 12.7. The number of carbonyl (C=O) groups is 1. The number of fused-ring (bicyclic) bond motifs is 1. The molecule has 0 aliphatic rings. The first-order valence-corrected chi connectivity index (χ1v) is 7.33. The van der Waals surface area contributed by atoms with Crippen LogP contribution in [-0.4, -0.2) is 15.5 Å². The van der Waals surface area contributed by atoms with Crippen LogP contribution in [0.15, 0.2) is 68.0 Å². The second-order valence-corrected chi connectivity index (χ2v) is 5.11. The molecule has 1 N–H and O–H groups in total. The Kier molecular flexibility index (Phi) is 4.06. The number of pyridine rings is 1. The van der Waals surface area contributed by atoms with Crippen LogP contribution in [0.3, 0.4) is 0 Å². The molecule has 0 saturated heterocycles. The van der Waals surface area contributed by atoms with Gasteiger partial charge in [-0.15, -0.1) is 6.58 Å². The minimum Gasteiger partial charge on any atom is -0.321 e. The molecule has 2 heterocycles. The monoisotopic (exact) mass is 303 g/mol. The van der Waals surface area contributed by atoms with Gasteiger partial charge in [-0.3, -0.25) is 4.79 Å². The van der Waals surface area contributed by atoms with E-state index in [2.05, 4.69) is 23.6 Å². The predicted octanol–water partition coefficient (Wildman–Crippen LogP) is 3.96. The van der Waals surface area contributed by atoms with Gasteiger partial charge in [-0.2, -0.15) is 5.10 Å². The van der Waals surface area contributed by atoms with Crippen molar-refractivity contribution in [2.75, 3.05) is 5.32 Å². The van der Waals surface area contributed by atoms with E-state index in [9.17, 15) is 4.79 Å². The SMILES string of the molecule is C=CCc1ccccc1C(=O)Nc1ccn2nccc2c1C=C. The van der Waals surface area contributed by atoms with Crippen molar-refractivity contribution in [1.82, 2.24) is 9.61 Å². The van der Waals surface area contributed by atoms with E-state index in [4.69, 9.17) is 0 Å². The van der Waals surface area contributed by atoms with Crippen LogP contribution >= 0.6 is 0 Å².